The zero-order valence-electron chi connectivity index (χ0n) is 15.3. The molecule has 0 aliphatic carbocycles. The van der Waals surface area contributed by atoms with Crippen LogP contribution in [0.25, 0.3) is 11.1 Å². The van der Waals surface area contributed by atoms with Crippen molar-refractivity contribution in [1.29, 1.82) is 0 Å². The summed E-state index contributed by atoms with van der Waals surface area (Å²) in [4.78, 5) is 12.1. The molecule has 2 N–H and O–H groups in total. The number of hydrogen-bond acceptors (Lipinski definition) is 5. The lowest BCUT2D eigenvalue weighted by Crippen LogP contribution is -2.46. The summed E-state index contributed by atoms with van der Waals surface area (Å²) in [5.41, 5.74) is 8.16. The molecule has 1 atom stereocenters. The Morgan fingerprint density at radius 1 is 1.00 bits per heavy atom. The first-order valence-electron chi connectivity index (χ1n) is 8.20. The van der Waals surface area contributed by atoms with Crippen LogP contribution in [0.3, 0.4) is 0 Å². The average molecular weight is 376 g/mol. The maximum absolute atomic E-state index is 12.9. The number of benzene rings is 2. The normalized spacial score (nSPS) is 13.0. The van der Waals surface area contributed by atoms with E-state index in [0.29, 0.717) is 5.69 Å². The molecule has 6 nitrogen and oxygen atoms in total. The molecule has 2 aromatic carbocycles. The highest BCUT2D eigenvalue weighted by atomic mass is 32.2. The Labute approximate surface area is 154 Å². The van der Waals surface area contributed by atoms with Gasteiger partial charge in [0.05, 0.1) is 12.0 Å². The predicted octanol–water partition coefficient (Wildman–Crippen LogP) is 2.75. The molecule has 140 valence electrons. The Bertz CT molecular complexity index is 859. The lowest BCUT2D eigenvalue weighted by atomic mass is 10.1. The number of ether oxygens (including phenoxy) is 1. The van der Waals surface area contributed by atoms with Crippen LogP contribution < -0.4 is 5.73 Å². The second-order valence-corrected chi connectivity index (χ2v) is 8.38. The van der Waals surface area contributed by atoms with Gasteiger partial charge in [0.25, 0.3) is 0 Å². The summed E-state index contributed by atoms with van der Waals surface area (Å²) in [6, 6.07) is 13.0. The minimum absolute atomic E-state index is 0.119. The molecule has 0 radical (unpaired) electrons. The first-order chi connectivity index (χ1) is 12.2. The Morgan fingerprint density at radius 2 is 1.46 bits per heavy atom. The van der Waals surface area contributed by atoms with E-state index in [4.69, 9.17) is 10.5 Å². The van der Waals surface area contributed by atoms with E-state index in [2.05, 4.69) is 0 Å². The molecular weight excluding hydrogens is 352 g/mol. The maximum atomic E-state index is 12.9. The summed E-state index contributed by atoms with van der Waals surface area (Å²) in [7, 11) is -1.19. The predicted molar refractivity (Wildman–Crippen MR) is 102 cm³/mol. The van der Waals surface area contributed by atoms with Crippen molar-refractivity contribution in [2.75, 3.05) is 19.9 Å². The van der Waals surface area contributed by atoms with Crippen LogP contribution in [0.2, 0.25) is 0 Å². The van der Waals surface area contributed by atoms with Crippen LogP contribution in [0.15, 0.2) is 53.4 Å². The standard InChI is InChI=1S/C19H24N2O4S/c1-13(2)18(19(22)25-4)21(3)26(23,24)17-11-7-15(8-12-17)14-5-9-16(20)10-6-14/h5-13,18H,20H2,1-4H3. The number of likely N-dealkylation sites (N-methyl/N-ethyl adjacent to an activating group) is 1. The number of hydrogen-bond donors (Lipinski definition) is 1. The smallest absolute Gasteiger partial charge is 0.324 e. The molecule has 0 spiro atoms. The molecule has 1 unspecified atom stereocenters. The molecule has 0 aromatic heterocycles. The van der Waals surface area contributed by atoms with E-state index in [0.717, 1.165) is 15.4 Å². The van der Waals surface area contributed by atoms with Crippen molar-refractivity contribution in [1.82, 2.24) is 4.31 Å². The molecule has 0 aliphatic heterocycles. The number of nitrogens with two attached hydrogens (primary N) is 1. The van der Waals surface area contributed by atoms with E-state index < -0.39 is 22.0 Å². The van der Waals surface area contributed by atoms with Gasteiger partial charge < -0.3 is 10.5 Å². The van der Waals surface area contributed by atoms with Gasteiger partial charge in [-0.05, 0) is 41.3 Å². The second kappa shape index (κ2) is 7.88. The molecule has 0 fully saturated rings. The molecule has 7 heteroatoms. The highest BCUT2D eigenvalue weighted by Crippen LogP contribution is 2.25. The van der Waals surface area contributed by atoms with Crippen LogP contribution in [-0.4, -0.2) is 38.9 Å². The van der Waals surface area contributed by atoms with Gasteiger partial charge in [0.15, 0.2) is 0 Å². The van der Waals surface area contributed by atoms with Crippen molar-refractivity contribution in [3.8, 4) is 11.1 Å². The molecule has 0 bridgehead atoms. The SMILES string of the molecule is COC(=O)C(C(C)C)N(C)S(=O)(=O)c1ccc(-c2ccc(N)cc2)cc1. The molecule has 0 heterocycles. The van der Waals surface area contributed by atoms with Gasteiger partial charge in [0.1, 0.15) is 6.04 Å². The number of nitrogens with zero attached hydrogens (tertiary/aromatic N) is 1. The number of methoxy groups -OCH3 is 1. The van der Waals surface area contributed by atoms with Gasteiger partial charge in [0, 0.05) is 12.7 Å². The minimum atomic E-state index is -3.83. The number of rotatable bonds is 6. The van der Waals surface area contributed by atoms with Crippen LogP contribution in [0.1, 0.15) is 13.8 Å². The van der Waals surface area contributed by atoms with E-state index in [9.17, 15) is 13.2 Å². The molecule has 0 aliphatic rings. The summed E-state index contributed by atoms with van der Waals surface area (Å²) in [5, 5.41) is 0. The number of carbonyl (C=O) groups is 1. The van der Waals surface area contributed by atoms with E-state index in [1.165, 1.54) is 26.3 Å². The number of carbonyl (C=O) groups excluding carboxylic acids is 1. The summed E-state index contributed by atoms with van der Waals surface area (Å²) >= 11 is 0. The monoisotopic (exact) mass is 376 g/mol. The zero-order chi connectivity index (χ0) is 19.5. The van der Waals surface area contributed by atoms with Gasteiger partial charge >= 0.3 is 5.97 Å². The van der Waals surface area contributed by atoms with Gasteiger partial charge in [-0.15, -0.1) is 0 Å². The topological polar surface area (TPSA) is 89.7 Å². The number of anilines is 1. The van der Waals surface area contributed by atoms with Crippen molar-refractivity contribution < 1.29 is 17.9 Å². The van der Waals surface area contributed by atoms with Crippen molar-refractivity contribution >= 4 is 21.7 Å². The van der Waals surface area contributed by atoms with Crippen LogP contribution >= 0.6 is 0 Å². The minimum Gasteiger partial charge on any atom is -0.468 e. The number of nitrogen functional groups attached to an aromatic ring is 1. The Balaban J connectivity index is 2.33. The fourth-order valence-electron chi connectivity index (χ4n) is 2.77. The van der Waals surface area contributed by atoms with Gasteiger partial charge in [-0.1, -0.05) is 38.1 Å². The van der Waals surface area contributed by atoms with Crippen LogP contribution in [0, 0.1) is 5.92 Å². The molecule has 0 saturated carbocycles. The molecular formula is C19H24N2O4S. The Hall–Kier alpha value is -2.38. The van der Waals surface area contributed by atoms with E-state index in [1.807, 2.05) is 12.1 Å². The third-order valence-electron chi connectivity index (χ3n) is 4.24. The summed E-state index contributed by atoms with van der Waals surface area (Å²) in [6.45, 7) is 3.55. The summed E-state index contributed by atoms with van der Waals surface area (Å²) in [5.74, 6) is -0.805. The highest BCUT2D eigenvalue weighted by molar-refractivity contribution is 7.89. The maximum Gasteiger partial charge on any atom is 0.324 e. The second-order valence-electron chi connectivity index (χ2n) is 6.38. The fourth-order valence-corrected chi connectivity index (χ4v) is 4.21. The van der Waals surface area contributed by atoms with Gasteiger partial charge in [-0.2, -0.15) is 4.31 Å². The first-order valence-corrected chi connectivity index (χ1v) is 9.64. The van der Waals surface area contributed by atoms with Gasteiger partial charge in [0.2, 0.25) is 10.0 Å². The van der Waals surface area contributed by atoms with Crippen molar-refractivity contribution in [3.05, 3.63) is 48.5 Å². The van der Waals surface area contributed by atoms with E-state index in [-0.39, 0.29) is 10.8 Å². The number of esters is 1. The molecule has 26 heavy (non-hydrogen) atoms. The summed E-state index contributed by atoms with van der Waals surface area (Å²) in [6.07, 6.45) is 0. The molecule has 0 amide bonds. The lowest BCUT2D eigenvalue weighted by molar-refractivity contribution is -0.146. The largest absolute Gasteiger partial charge is 0.468 e. The van der Waals surface area contributed by atoms with Crippen LogP contribution in [-0.2, 0) is 19.6 Å². The van der Waals surface area contributed by atoms with Crippen molar-refractivity contribution in [3.63, 3.8) is 0 Å². The van der Waals surface area contributed by atoms with Gasteiger partial charge in [-0.25, -0.2) is 8.42 Å². The van der Waals surface area contributed by atoms with E-state index in [1.54, 1.807) is 38.1 Å². The third-order valence-corrected chi connectivity index (χ3v) is 6.09. The van der Waals surface area contributed by atoms with Crippen molar-refractivity contribution in [2.45, 2.75) is 24.8 Å². The third kappa shape index (κ3) is 4.05. The fraction of sp³-hybridized carbons (Fsp3) is 0.316. The number of sulfonamides is 1. The van der Waals surface area contributed by atoms with Crippen LogP contribution in [0.5, 0.6) is 0 Å². The summed E-state index contributed by atoms with van der Waals surface area (Å²) < 4.78 is 31.6. The van der Waals surface area contributed by atoms with Crippen LogP contribution in [0.4, 0.5) is 5.69 Å². The molecule has 2 rings (SSSR count). The quantitative estimate of drug-likeness (QED) is 0.618. The van der Waals surface area contributed by atoms with Crippen molar-refractivity contribution in [2.24, 2.45) is 5.92 Å². The Kier molecular flexibility index (Phi) is 6.05. The first kappa shape index (κ1) is 19.9. The molecule has 2 aromatic rings. The molecule has 0 saturated heterocycles. The highest BCUT2D eigenvalue weighted by Gasteiger charge is 2.35. The average Bonchev–Trinajstić information content (AvgIpc) is 2.62. The van der Waals surface area contributed by atoms with Gasteiger partial charge in [-0.3, -0.25) is 4.79 Å². The van der Waals surface area contributed by atoms with E-state index >= 15 is 0 Å². The Morgan fingerprint density at radius 3 is 1.88 bits per heavy atom. The lowest BCUT2D eigenvalue weighted by Gasteiger charge is -2.28. The zero-order valence-corrected chi connectivity index (χ0v) is 16.2.